The third-order valence-electron chi connectivity index (χ3n) is 4.66. The first-order chi connectivity index (χ1) is 13.8. The van der Waals surface area contributed by atoms with Gasteiger partial charge in [0.1, 0.15) is 5.56 Å². The zero-order valence-electron chi connectivity index (χ0n) is 17.0. The molecule has 0 aliphatic heterocycles. The van der Waals surface area contributed by atoms with Crippen LogP contribution in [-0.4, -0.2) is 36.5 Å². The van der Waals surface area contributed by atoms with Crippen LogP contribution in [0.1, 0.15) is 52.9 Å². The minimum absolute atomic E-state index is 0.143. The van der Waals surface area contributed by atoms with Crippen molar-refractivity contribution < 1.29 is 14.7 Å². The minimum Gasteiger partial charge on any atom is -0.478 e. The summed E-state index contributed by atoms with van der Waals surface area (Å²) in [6.45, 7) is 8.68. The highest BCUT2D eigenvalue weighted by Gasteiger charge is 2.18. The van der Waals surface area contributed by atoms with Crippen LogP contribution in [0, 0.1) is 12.8 Å². The number of amides is 1. The molecular weight excluding hydrogens is 370 g/mol. The second kappa shape index (κ2) is 8.30. The lowest BCUT2D eigenvalue weighted by molar-refractivity contribution is 0.0696. The Morgan fingerprint density at radius 2 is 1.90 bits per heavy atom. The van der Waals surface area contributed by atoms with E-state index in [2.05, 4.69) is 29.4 Å². The number of aromatic nitrogens is 4. The Morgan fingerprint density at radius 1 is 1.17 bits per heavy atom. The van der Waals surface area contributed by atoms with Crippen molar-refractivity contribution in [2.75, 3.05) is 5.32 Å². The fourth-order valence-corrected chi connectivity index (χ4v) is 3.27. The summed E-state index contributed by atoms with van der Waals surface area (Å²) in [5, 5.41) is 20.6. The molecule has 0 spiro atoms. The molecule has 3 aromatic rings. The van der Waals surface area contributed by atoms with Gasteiger partial charge in [-0.2, -0.15) is 10.2 Å². The number of carboxylic acid groups (broad SMARTS) is 1. The first kappa shape index (κ1) is 20.3. The Hall–Kier alpha value is -3.42. The fraction of sp³-hybridized carbons (Fsp3) is 0.333. The zero-order valence-corrected chi connectivity index (χ0v) is 17.0. The normalized spacial score (nSPS) is 11.1. The quantitative estimate of drug-likeness (QED) is 0.637. The summed E-state index contributed by atoms with van der Waals surface area (Å²) < 4.78 is 3.42. The highest BCUT2D eigenvalue weighted by atomic mass is 16.4. The van der Waals surface area contributed by atoms with Gasteiger partial charge in [-0.25, -0.2) is 9.48 Å². The molecule has 3 rings (SSSR count). The maximum atomic E-state index is 12.8. The van der Waals surface area contributed by atoms with Crippen LogP contribution in [0.2, 0.25) is 0 Å². The number of rotatable bonds is 7. The van der Waals surface area contributed by atoms with Gasteiger partial charge in [0, 0.05) is 12.2 Å². The summed E-state index contributed by atoms with van der Waals surface area (Å²) in [4.78, 5) is 24.1. The largest absolute Gasteiger partial charge is 0.478 e. The topological polar surface area (TPSA) is 102 Å². The molecule has 0 bridgehead atoms. The first-order valence-corrected chi connectivity index (χ1v) is 9.56. The fourth-order valence-electron chi connectivity index (χ4n) is 3.27. The molecule has 1 amide bonds. The summed E-state index contributed by atoms with van der Waals surface area (Å²) in [6.07, 6.45) is 3.64. The Morgan fingerprint density at radius 3 is 2.52 bits per heavy atom. The van der Waals surface area contributed by atoms with Crippen LogP contribution in [0.5, 0.6) is 0 Å². The maximum absolute atomic E-state index is 12.8. The number of carbonyl (C=O) groups excluding carboxylic acids is 1. The molecule has 0 atom stereocenters. The van der Waals surface area contributed by atoms with Crippen LogP contribution < -0.4 is 5.32 Å². The third kappa shape index (κ3) is 4.21. The van der Waals surface area contributed by atoms with Gasteiger partial charge in [-0.15, -0.1) is 0 Å². The number of hydrogen-bond donors (Lipinski definition) is 2. The van der Waals surface area contributed by atoms with Gasteiger partial charge in [-0.3, -0.25) is 9.48 Å². The van der Waals surface area contributed by atoms with Gasteiger partial charge in [-0.05, 0) is 37.5 Å². The van der Waals surface area contributed by atoms with Crippen molar-refractivity contribution >= 4 is 17.6 Å². The lowest BCUT2D eigenvalue weighted by Crippen LogP contribution is -2.16. The van der Waals surface area contributed by atoms with Crippen LogP contribution in [0.3, 0.4) is 0 Å². The van der Waals surface area contributed by atoms with E-state index in [9.17, 15) is 14.7 Å². The molecule has 0 aliphatic rings. The Balaban J connectivity index is 1.85. The van der Waals surface area contributed by atoms with Crippen molar-refractivity contribution in [2.45, 2.75) is 40.7 Å². The molecule has 0 saturated heterocycles. The van der Waals surface area contributed by atoms with Crippen molar-refractivity contribution in [3.63, 3.8) is 0 Å². The maximum Gasteiger partial charge on any atom is 0.339 e. The Labute approximate surface area is 169 Å². The summed E-state index contributed by atoms with van der Waals surface area (Å²) in [5.74, 6) is -0.818. The zero-order chi connectivity index (χ0) is 21.1. The van der Waals surface area contributed by atoms with Gasteiger partial charge in [0.15, 0.2) is 0 Å². The van der Waals surface area contributed by atoms with Crippen LogP contribution >= 0.6 is 0 Å². The van der Waals surface area contributed by atoms with E-state index in [0.717, 1.165) is 12.2 Å². The van der Waals surface area contributed by atoms with Gasteiger partial charge in [0.05, 0.1) is 35.0 Å². The van der Waals surface area contributed by atoms with E-state index < -0.39 is 5.97 Å². The number of nitrogens with one attached hydrogen (secondary N) is 1. The lowest BCUT2D eigenvalue weighted by atomic mass is 10.1. The smallest absolute Gasteiger partial charge is 0.339 e. The number of nitrogens with zero attached hydrogens (tertiary/aromatic N) is 4. The molecule has 8 heteroatoms. The monoisotopic (exact) mass is 395 g/mol. The van der Waals surface area contributed by atoms with E-state index in [-0.39, 0.29) is 11.5 Å². The molecule has 2 heterocycles. The highest BCUT2D eigenvalue weighted by Crippen LogP contribution is 2.20. The van der Waals surface area contributed by atoms with Gasteiger partial charge in [0.2, 0.25) is 0 Å². The SMILES string of the molecule is CCc1c(C(=O)Nc2cccc(-n3ncc(C(=O)O)c3C)c2)cnn1CC(C)C. The molecule has 2 N–H and O–H groups in total. The summed E-state index contributed by atoms with van der Waals surface area (Å²) in [6, 6.07) is 7.13. The van der Waals surface area contributed by atoms with Crippen LogP contribution in [-0.2, 0) is 13.0 Å². The second-order valence-corrected chi connectivity index (χ2v) is 7.30. The number of anilines is 1. The molecule has 152 valence electrons. The molecule has 29 heavy (non-hydrogen) atoms. The van der Waals surface area contributed by atoms with Crippen molar-refractivity contribution in [1.29, 1.82) is 0 Å². The summed E-state index contributed by atoms with van der Waals surface area (Å²) in [7, 11) is 0. The number of aromatic carboxylic acids is 1. The number of hydrogen-bond acceptors (Lipinski definition) is 4. The standard InChI is InChI=1S/C21H25N5O3/c1-5-19-18(11-22-25(19)12-13(2)3)20(27)24-15-7-6-8-16(9-15)26-14(4)17(10-23-26)21(28)29/h6-11,13H,5,12H2,1-4H3,(H,24,27)(H,28,29). The van der Waals surface area contributed by atoms with E-state index >= 15 is 0 Å². The molecule has 8 nitrogen and oxygen atoms in total. The van der Waals surface area contributed by atoms with Gasteiger partial charge in [-0.1, -0.05) is 26.8 Å². The van der Waals surface area contributed by atoms with Gasteiger partial charge >= 0.3 is 5.97 Å². The highest BCUT2D eigenvalue weighted by molar-refractivity contribution is 6.05. The minimum atomic E-state index is -1.02. The van der Waals surface area contributed by atoms with E-state index in [1.807, 2.05) is 11.6 Å². The number of carbonyl (C=O) groups is 2. The van der Waals surface area contributed by atoms with Crippen molar-refractivity contribution in [2.24, 2.45) is 5.92 Å². The summed E-state index contributed by atoms with van der Waals surface area (Å²) >= 11 is 0. The molecule has 1 aromatic carbocycles. The van der Waals surface area contributed by atoms with Crippen LogP contribution in [0.4, 0.5) is 5.69 Å². The third-order valence-corrected chi connectivity index (χ3v) is 4.66. The average molecular weight is 395 g/mol. The van der Waals surface area contributed by atoms with E-state index in [1.54, 1.807) is 37.4 Å². The Kier molecular flexibility index (Phi) is 5.81. The molecule has 0 radical (unpaired) electrons. The van der Waals surface area contributed by atoms with Crippen LogP contribution in [0.15, 0.2) is 36.7 Å². The summed E-state index contributed by atoms with van der Waals surface area (Å²) in [5.41, 5.74) is 3.38. The van der Waals surface area contributed by atoms with E-state index in [4.69, 9.17) is 0 Å². The first-order valence-electron chi connectivity index (χ1n) is 9.56. The predicted molar refractivity (Wildman–Crippen MR) is 110 cm³/mol. The predicted octanol–water partition coefficient (Wildman–Crippen LogP) is 3.55. The van der Waals surface area contributed by atoms with E-state index in [1.165, 1.54) is 10.9 Å². The van der Waals surface area contributed by atoms with Crippen molar-refractivity contribution in [3.8, 4) is 5.69 Å². The van der Waals surface area contributed by atoms with Gasteiger partial charge in [0.25, 0.3) is 5.91 Å². The molecule has 0 fully saturated rings. The number of carboxylic acids is 1. The second-order valence-electron chi connectivity index (χ2n) is 7.30. The molecule has 0 saturated carbocycles. The molecule has 0 unspecified atom stereocenters. The molecular formula is C21H25N5O3. The molecule has 2 aromatic heterocycles. The Bertz CT molecular complexity index is 1050. The van der Waals surface area contributed by atoms with E-state index in [0.29, 0.717) is 35.0 Å². The lowest BCUT2D eigenvalue weighted by Gasteiger charge is -2.11. The molecule has 0 aliphatic carbocycles. The van der Waals surface area contributed by atoms with Crippen LogP contribution in [0.25, 0.3) is 5.69 Å². The van der Waals surface area contributed by atoms with Gasteiger partial charge < -0.3 is 10.4 Å². The number of benzene rings is 1. The average Bonchev–Trinajstić information content (AvgIpc) is 3.24. The van der Waals surface area contributed by atoms with Crippen molar-refractivity contribution in [3.05, 3.63) is 59.2 Å². The van der Waals surface area contributed by atoms with Crippen molar-refractivity contribution in [1.82, 2.24) is 19.6 Å².